The van der Waals surface area contributed by atoms with E-state index < -0.39 is 0 Å². The molecule has 150 valence electrons. The maximum atomic E-state index is 12.8. The molecule has 3 rings (SSSR count). The molecule has 0 bridgehead atoms. The van der Waals surface area contributed by atoms with Crippen molar-refractivity contribution in [3.8, 4) is 0 Å². The van der Waals surface area contributed by atoms with Gasteiger partial charge in [-0.1, -0.05) is 34.1 Å². The number of halogens is 1. The first kappa shape index (κ1) is 21.0. The van der Waals surface area contributed by atoms with E-state index in [1.807, 2.05) is 63.2 Å². The summed E-state index contributed by atoms with van der Waals surface area (Å²) in [4.78, 5) is 31.2. The predicted octanol–water partition coefficient (Wildman–Crippen LogP) is 4.56. The third-order valence-electron chi connectivity index (χ3n) is 5.08. The average Bonchev–Trinajstić information content (AvgIpc) is 2.67. The van der Waals surface area contributed by atoms with Gasteiger partial charge in [0.25, 0.3) is 0 Å². The number of hydrogen-bond donors (Lipinski definition) is 1. The molecule has 0 aliphatic carbocycles. The molecule has 0 aliphatic heterocycles. The lowest BCUT2D eigenvalue weighted by molar-refractivity contribution is -0.132. The monoisotopic (exact) mass is 453 g/mol. The highest BCUT2D eigenvalue weighted by Crippen LogP contribution is 2.23. The molecule has 2 aromatic carbocycles. The van der Waals surface area contributed by atoms with Gasteiger partial charge in [-0.2, -0.15) is 0 Å². The normalized spacial score (nSPS) is 10.8. The molecule has 5 nitrogen and oxygen atoms in total. The summed E-state index contributed by atoms with van der Waals surface area (Å²) in [5, 5.41) is 3.92. The number of nitrogens with zero attached hydrogens (tertiary/aromatic N) is 2. The van der Waals surface area contributed by atoms with Crippen LogP contribution in [0.5, 0.6) is 0 Å². The molecule has 0 aliphatic rings. The quantitative estimate of drug-likeness (QED) is 0.615. The highest BCUT2D eigenvalue weighted by Gasteiger charge is 2.18. The lowest BCUT2D eigenvalue weighted by Crippen LogP contribution is -2.36. The Morgan fingerprint density at radius 3 is 2.55 bits per heavy atom. The number of aryl methyl sites for hydroxylation is 3. The van der Waals surface area contributed by atoms with E-state index in [2.05, 4.69) is 26.2 Å². The van der Waals surface area contributed by atoms with E-state index in [1.54, 1.807) is 7.05 Å². The van der Waals surface area contributed by atoms with Crippen LogP contribution in [-0.2, 0) is 16.0 Å². The summed E-state index contributed by atoms with van der Waals surface area (Å²) in [6.07, 6.45) is 0.219. The summed E-state index contributed by atoms with van der Waals surface area (Å²) in [5.41, 5.74) is 5.45. The predicted molar refractivity (Wildman–Crippen MR) is 120 cm³/mol. The lowest BCUT2D eigenvalue weighted by Gasteiger charge is -2.19. The molecule has 0 unspecified atom stereocenters. The zero-order valence-corrected chi connectivity index (χ0v) is 18.6. The second-order valence-electron chi connectivity index (χ2n) is 7.25. The number of hydrogen-bond acceptors (Lipinski definition) is 3. The SMILES string of the molecule is Cc1cc(Br)ccc1NC(=O)CN(C)C(=O)Cc1c(C)nc2ccccc2c1C. The van der Waals surface area contributed by atoms with Crippen molar-refractivity contribution >= 4 is 44.3 Å². The molecule has 2 amide bonds. The van der Waals surface area contributed by atoms with Crippen LogP contribution in [0, 0.1) is 20.8 Å². The number of pyridine rings is 1. The van der Waals surface area contributed by atoms with E-state index in [-0.39, 0.29) is 24.8 Å². The first-order valence-corrected chi connectivity index (χ1v) is 10.2. The van der Waals surface area contributed by atoms with Crippen LogP contribution < -0.4 is 5.32 Å². The van der Waals surface area contributed by atoms with Gasteiger partial charge < -0.3 is 10.2 Å². The van der Waals surface area contributed by atoms with Crippen molar-refractivity contribution in [3.05, 3.63) is 69.3 Å². The Labute approximate surface area is 179 Å². The molecule has 3 aromatic rings. The summed E-state index contributed by atoms with van der Waals surface area (Å²) < 4.78 is 0.954. The topological polar surface area (TPSA) is 62.3 Å². The lowest BCUT2D eigenvalue weighted by atomic mass is 9.99. The van der Waals surface area contributed by atoms with Gasteiger partial charge in [-0.3, -0.25) is 14.6 Å². The maximum Gasteiger partial charge on any atom is 0.243 e. The van der Waals surface area contributed by atoms with Crippen LogP contribution in [0.25, 0.3) is 10.9 Å². The highest BCUT2D eigenvalue weighted by atomic mass is 79.9. The number of benzene rings is 2. The average molecular weight is 454 g/mol. The van der Waals surface area contributed by atoms with Crippen molar-refractivity contribution in [1.29, 1.82) is 0 Å². The van der Waals surface area contributed by atoms with Gasteiger partial charge >= 0.3 is 0 Å². The van der Waals surface area contributed by atoms with Crippen LogP contribution in [0.4, 0.5) is 5.69 Å². The Morgan fingerprint density at radius 2 is 1.83 bits per heavy atom. The standard InChI is InChI=1S/C23H24BrN3O2/c1-14-11-17(24)9-10-20(14)26-22(28)13-27(4)23(29)12-19-15(2)18-7-5-6-8-21(18)25-16(19)3/h5-11H,12-13H2,1-4H3,(H,26,28). The summed E-state index contributed by atoms with van der Waals surface area (Å²) >= 11 is 3.41. The fourth-order valence-corrected chi connectivity index (χ4v) is 3.85. The molecular weight excluding hydrogens is 430 g/mol. The van der Waals surface area contributed by atoms with Crippen molar-refractivity contribution < 1.29 is 9.59 Å². The summed E-state index contributed by atoms with van der Waals surface area (Å²) in [6, 6.07) is 13.6. The van der Waals surface area contributed by atoms with Crippen molar-refractivity contribution in [2.45, 2.75) is 27.2 Å². The van der Waals surface area contributed by atoms with E-state index >= 15 is 0 Å². The minimum Gasteiger partial charge on any atom is -0.336 e. The van der Waals surface area contributed by atoms with Gasteiger partial charge in [-0.05, 0) is 61.7 Å². The van der Waals surface area contributed by atoms with Crippen LogP contribution in [0.1, 0.15) is 22.4 Å². The van der Waals surface area contributed by atoms with Gasteiger partial charge in [0.1, 0.15) is 0 Å². The largest absolute Gasteiger partial charge is 0.336 e. The first-order valence-electron chi connectivity index (χ1n) is 9.41. The number of amides is 2. The van der Waals surface area contributed by atoms with Crippen LogP contribution in [0.15, 0.2) is 46.9 Å². The van der Waals surface area contributed by atoms with Gasteiger partial charge in [-0.25, -0.2) is 0 Å². The van der Waals surface area contributed by atoms with E-state index in [1.165, 1.54) is 4.90 Å². The Hall–Kier alpha value is -2.73. The van der Waals surface area contributed by atoms with Crippen LogP contribution in [0.3, 0.4) is 0 Å². The van der Waals surface area contributed by atoms with Gasteiger partial charge in [0.15, 0.2) is 0 Å². The fourth-order valence-electron chi connectivity index (χ4n) is 3.38. The van der Waals surface area contributed by atoms with Crippen molar-refractivity contribution in [2.75, 3.05) is 18.9 Å². The third kappa shape index (κ3) is 4.82. The maximum absolute atomic E-state index is 12.8. The molecule has 6 heteroatoms. The van der Waals surface area contributed by atoms with E-state index in [4.69, 9.17) is 0 Å². The summed E-state index contributed by atoms with van der Waals surface area (Å²) in [7, 11) is 1.65. The summed E-state index contributed by atoms with van der Waals surface area (Å²) in [5.74, 6) is -0.340. The number of rotatable bonds is 5. The highest BCUT2D eigenvalue weighted by molar-refractivity contribution is 9.10. The van der Waals surface area contributed by atoms with Gasteiger partial charge in [0.2, 0.25) is 11.8 Å². The number of para-hydroxylation sites is 1. The zero-order chi connectivity index (χ0) is 21.1. The fraction of sp³-hybridized carbons (Fsp3) is 0.261. The molecule has 0 fully saturated rings. The third-order valence-corrected chi connectivity index (χ3v) is 5.58. The number of nitrogens with one attached hydrogen (secondary N) is 1. The molecule has 29 heavy (non-hydrogen) atoms. The van der Waals surface area contributed by atoms with Crippen LogP contribution >= 0.6 is 15.9 Å². The molecule has 0 spiro atoms. The number of likely N-dealkylation sites (N-methyl/N-ethyl adjacent to an activating group) is 1. The Balaban J connectivity index is 1.69. The van der Waals surface area contributed by atoms with Crippen molar-refractivity contribution in [2.24, 2.45) is 0 Å². The first-order chi connectivity index (χ1) is 13.8. The molecule has 0 saturated carbocycles. The number of aromatic nitrogens is 1. The number of carbonyl (C=O) groups excluding carboxylic acids is 2. The molecule has 0 radical (unpaired) electrons. The van der Waals surface area contributed by atoms with E-state index in [0.717, 1.165) is 43.4 Å². The van der Waals surface area contributed by atoms with Gasteiger partial charge in [0.05, 0.1) is 18.5 Å². The molecular formula is C23H24BrN3O2. The van der Waals surface area contributed by atoms with E-state index in [9.17, 15) is 9.59 Å². The second kappa shape index (κ2) is 8.74. The van der Waals surface area contributed by atoms with Gasteiger partial charge in [-0.15, -0.1) is 0 Å². The minimum atomic E-state index is -0.226. The molecule has 1 aromatic heterocycles. The second-order valence-corrected chi connectivity index (χ2v) is 8.17. The molecule has 1 heterocycles. The Kier molecular flexibility index (Phi) is 6.33. The Bertz CT molecular complexity index is 1090. The zero-order valence-electron chi connectivity index (χ0n) is 17.0. The Morgan fingerprint density at radius 1 is 1.10 bits per heavy atom. The minimum absolute atomic E-state index is 0.00651. The molecule has 0 saturated heterocycles. The molecule has 0 atom stereocenters. The van der Waals surface area contributed by atoms with Crippen molar-refractivity contribution in [1.82, 2.24) is 9.88 Å². The van der Waals surface area contributed by atoms with Crippen LogP contribution in [-0.4, -0.2) is 35.3 Å². The molecule has 1 N–H and O–H groups in total. The van der Waals surface area contributed by atoms with Crippen LogP contribution in [0.2, 0.25) is 0 Å². The van der Waals surface area contributed by atoms with Gasteiger partial charge in [0, 0.05) is 28.3 Å². The number of carbonyl (C=O) groups is 2. The number of anilines is 1. The smallest absolute Gasteiger partial charge is 0.243 e. The number of fused-ring (bicyclic) bond motifs is 1. The summed E-state index contributed by atoms with van der Waals surface area (Å²) in [6.45, 7) is 5.86. The van der Waals surface area contributed by atoms with E-state index in [0.29, 0.717) is 0 Å². The van der Waals surface area contributed by atoms with Crippen molar-refractivity contribution in [3.63, 3.8) is 0 Å².